The van der Waals surface area contributed by atoms with Crippen LogP contribution >= 0.6 is 0 Å². The maximum atomic E-state index is 10.9. The largest absolute Gasteiger partial charge is 0.467 e. The minimum atomic E-state index is -0.366. The van der Waals surface area contributed by atoms with Crippen molar-refractivity contribution < 1.29 is 19.0 Å². The zero-order valence-electron chi connectivity index (χ0n) is 6.33. The molecule has 0 aromatic heterocycles. The van der Waals surface area contributed by atoms with Crippen molar-refractivity contribution in [2.24, 2.45) is 0 Å². The van der Waals surface area contributed by atoms with Crippen molar-refractivity contribution in [1.29, 1.82) is 0 Å². The van der Waals surface area contributed by atoms with Gasteiger partial charge in [0.2, 0.25) is 0 Å². The molecular weight excluding hydrogens is 148 g/mol. The van der Waals surface area contributed by atoms with Crippen LogP contribution in [0.3, 0.4) is 0 Å². The number of hydrogen-bond acceptors (Lipinski definition) is 4. The first kappa shape index (κ1) is 7.06. The Morgan fingerprint density at radius 3 is 3.09 bits per heavy atom. The molecule has 0 bridgehead atoms. The van der Waals surface area contributed by atoms with E-state index in [0.717, 1.165) is 6.42 Å². The van der Waals surface area contributed by atoms with Gasteiger partial charge in [0.05, 0.1) is 13.7 Å². The Morgan fingerprint density at radius 2 is 2.55 bits per heavy atom. The second-order valence-electron chi connectivity index (χ2n) is 2.89. The van der Waals surface area contributed by atoms with Gasteiger partial charge >= 0.3 is 5.97 Å². The van der Waals surface area contributed by atoms with E-state index in [-0.39, 0.29) is 17.7 Å². The molecule has 1 spiro atoms. The van der Waals surface area contributed by atoms with Crippen LogP contribution in [0, 0.1) is 0 Å². The Bertz CT molecular complexity index is 183. The number of epoxide rings is 1. The highest BCUT2D eigenvalue weighted by atomic mass is 16.7. The molecule has 2 aliphatic heterocycles. The maximum absolute atomic E-state index is 10.9. The third kappa shape index (κ3) is 0.937. The summed E-state index contributed by atoms with van der Waals surface area (Å²) in [4.78, 5) is 10.9. The van der Waals surface area contributed by atoms with Crippen LogP contribution in [0.1, 0.15) is 6.42 Å². The van der Waals surface area contributed by atoms with E-state index in [1.807, 2.05) is 0 Å². The van der Waals surface area contributed by atoms with Gasteiger partial charge in [-0.15, -0.1) is 0 Å². The van der Waals surface area contributed by atoms with Gasteiger partial charge < -0.3 is 14.2 Å². The highest BCUT2D eigenvalue weighted by Gasteiger charge is 2.63. The molecule has 0 aromatic rings. The molecule has 0 saturated carbocycles. The third-order valence-electron chi connectivity index (χ3n) is 2.20. The fourth-order valence-corrected chi connectivity index (χ4v) is 1.43. The van der Waals surface area contributed by atoms with Gasteiger partial charge in [-0.2, -0.15) is 0 Å². The summed E-state index contributed by atoms with van der Waals surface area (Å²) in [6.45, 7) is 1.22. The average Bonchev–Trinajstić information content (AvgIpc) is 2.48. The first-order chi connectivity index (χ1) is 5.28. The fourth-order valence-electron chi connectivity index (χ4n) is 1.43. The second kappa shape index (κ2) is 2.19. The smallest absolute Gasteiger partial charge is 0.338 e. The lowest BCUT2D eigenvalue weighted by molar-refractivity contribution is -0.142. The van der Waals surface area contributed by atoms with Crippen molar-refractivity contribution >= 4 is 5.97 Å². The van der Waals surface area contributed by atoms with Crippen LogP contribution in [-0.4, -0.2) is 38.0 Å². The Balaban J connectivity index is 1.97. The van der Waals surface area contributed by atoms with Crippen molar-refractivity contribution in [2.75, 3.05) is 20.3 Å². The average molecular weight is 158 g/mol. The van der Waals surface area contributed by atoms with Crippen LogP contribution in [0.15, 0.2) is 0 Å². The van der Waals surface area contributed by atoms with E-state index >= 15 is 0 Å². The molecule has 0 aliphatic carbocycles. The summed E-state index contributed by atoms with van der Waals surface area (Å²) < 4.78 is 14.9. The summed E-state index contributed by atoms with van der Waals surface area (Å²) in [6, 6.07) is 0. The Labute approximate surface area is 64.4 Å². The lowest BCUT2D eigenvalue weighted by Gasteiger charge is -1.97. The van der Waals surface area contributed by atoms with Crippen molar-refractivity contribution in [3.63, 3.8) is 0 Å². The molecule has 0 amide bonds. The zero-order valence-corrected chi connectivity index (χ0v) is 6.33. The lowest BCUT2D eigenvalue weighted by Crippen LogP contribution is -2.21. The molecule has 2 rings (SSSR count). The van der Waals surface area contributed by atoms with Gasteiger partial charge in [0.1, 0.15) is 5.60 Å². The number of carbonyl (C=O) groups is 1. The Kier molecular flexibility index (Phi) is 1.40. The van der Waals surface area contributed by atoms with Crippen molar-refractivity contribution in [1.82, 2.24) is 0 Å². The summed E-state index contributed by atoms with van der Waals surface area (Å²) in [5, 5.41) is 0. The normalized spacial score (nSPS) is 41.0. The zero-order chi connectivity index (χ0) is 7.90. The summed E-state index contributed by atoms with van der Waals surface area (Å²) >= 11 is 0. The first-order valence-electron chi connectivity index (χ1n) is 3.62. The molecule has 4 heteroatoms. The highest BCUT2D eigenvalue weighted by molar-refractivity contribution is 5.79. The molecule has 4 nitrogen and oxygen atoms in total. The van der Waals surface area contributed by atoms with E-state index in [1.54, 1.807) is 0 Å². The SMILES string of the molecule is COC(=O)[C@H]1O[C@]12CCOC2. The van der Waals surface area contributed by atoms with Crippen LogP contribution in [0.2, 0.25) is 0 Å². The Hall–Kier alpha value is -0.610. The number of ether oxygens (including phenoxy) is 3. The summed E-state index contributed by atoms with van der Waals surface area (Å²) in [6.07, 6.45) is 0.447. The van der Waals surface area contributed by atoms with E-state index in [1.165, 1.54) is 7.11 Å². The molecule has 0 unspecified atom stereocenters. The van der Waals surface area contributed by atoms with Gasteiger partial charge in [-0.3, -0.25) is 0 Å². The van der Waals surface area contributed by atoms with Crippen LogP contribution in [0.25, 0.3) is 0 Å². The van der Waals surface area contributed by atoms with Crippen molar-refractivity contribution in [3.8, 4) is 0 Å². The maximum Gasteiger partial charge on any atom is 0.338 e. The van der Waals surface area contributed by atoms with Crippen molar-refractivity contribution in [3.05, 3.63) is 0 Å². The summed E-state index contributed by atoms with van der Waals surface area (Å²) in [5.74, 6) is -0.282. The monoisotopic (exact) mass is 158 g/mol. The van der Waals surface area contributed by atoms with Gasteiger partial charge in [0.15, 0.2) is 6.10 Å². The van der Waals surface area contributed by atoms with Crippen LogP contribution < -0.4 is 0 Å². The van der Waals surface area contributed by atoms with E-state index in [4.69, 9.17) is 9.47 Å². The van der Waals surface area contributed by atoms with Gasteiger partial charge in [-0.25, -0.2) is 4.79 Å². The van der Waals surface area contributed by atoms with Gasteiger partial charge in [0, 0.05) is 13.0 Å². The summed E-state index contributed by atoms with van der Waals surface area (Å²) in [5.41, 5.74) is -0.312. The minimum Gasteiger partial charge on any atom is -0.467 e. The van der Waals surface area contributed by atoms with Gasteiger partial charge in [0.25, 0.3) is 0 Å². The molecule has 0 N–H and O–H groups in total. The topological polar surface area (TPSA) is 48.1 Å². The third-order valence-corrected chi connectivity index (χ3v) is 2.20. The first-order valence-corrected chi connectivity index (χ1v) is 3.62. The van der Waals surface area contributed by atoms with E-state index in [0.29, 0.717) is 13.2 Å². The van der Waals surface area contributed by atoms with Gasteiger partial charge in [-0.05, 0) is 0 Å². The number of esters is 1. The lowest BCUT2D eigenvalue weighted by atomic mass is 10.1. The molecule has 2 heterocycles. The minimum absolute atomic E-state index is 0.282. The van der Waals surface area contributed by atoms with Gasteiger partial charge in [-0.1, -0.05) is 0 Å². The van der Waals surface area contributed by atoms with Crippen LogP contribution in [0.4, 0.5) is 0 Å². The van der Waals surface area contributed by atoms with Crippen LogP contribution in [-0.2, 0) is 19.0 Å². The predicted octanol–water partition coefficient (Wildman–Crippen LogP) is -0.283. The van der Waals surface area contributed by atoms with E-state index < -0.39 is 0 Å². The Morgan fingerprint density at radius 1 is 1.73 bits per heavy atom. The molecule has 2 saturated heterocycles. The molecule has 0 aromatic carbocycles. The highest BCUT2D eigenvalue weighted by Crippen LogP contribution is 2.43. The standard InChI is InChI=1S/C7H10O4/c1-9-6(8)5-7(11-5)2-3-10-4-7/h5H,2-4H2,1H3/t5-,7+/m1/s1. The number of methoxy groups -OCH3 is 1. The molecule has 2 atom stereocenters. The predicted molar refractivity (Wildman–Crippen MR) is 35.1 cm³/mol. The molecule has 0 radical (unpaired) electrons. The number of hydrogen-bond donors (Lipinski definition) is 0. The van der Waals surface area contributed by atoms with Crippen molar-refractivity contribution in [2.45, 2.75) is 18.1 Å². The quantitative estimate of drug-likeness (QED) is 0.389. The fraction of sp³-hybridized carbons (Fsp3) is 0.857. The van der Waals surface area contributed by atoms with E-state index in [2.05, 4.69) is 4.74 Å². The number of carbonyl (C=O) groups excluding carboxylic acids is 1. The molecule has 11 heavy (non-hydrogen) atoms. The molecular formula is C7H10O4. The molecule has 2 fully saturated rings. The summed E-state index contributed by atoms with van der Waals surface area (Å²) in [7, 11) is 1.37. The second-order valence-corrected chi connectivity index (χ2v) is 2.89. The van der Waals surface area contributed by atoms with E-state index in [9.17, 15) is 4.79 Å². The molecule has 2 aliphatic rings. The molecule has 62 valence electrons. The number of rotatable bonds is 1. The van der Waals surface area contributed by atoms with Crippen LogP contribution in [0.5, 0.6) is 0 Å².